The van der Waals surface area contributed by atoms with Crippen LogP contribution in [0.15, 0.2) is 12.1 Å². The van der Waals surface area contributed by atoms with Crippen LogP contribution in [-0.2, 0) is 4.79 Å². The Balaban J connectivity index is 2.11. The van der Waals surface area contributed by atoms with Gasteiger partial charge in [0.05, 0.1) is 17.9 Å². The van der Waals surface area contributed by atoms with Crippen molar-refractivity contribution in [3.05, 3.63) is 12.1 Å². The second-order valence-electron chi connectivity index (χ2n) is 4.43. The number of ether oxygens (including phenoxy) is 2. The van der Waals surface area contributed by atoms with Crippen LogP contribution in [0.25, 0.3) is 0 Å². The van der Waals surface area contributed by atoms with Crippen LogP contribution in [0.2, 0.25) is 0 Å². The van der Waals surface area contributed by atoms with Gasteiger partial charge in [0.2, 0.25) is 12.7 Å². The average molecular weight is 234 g/mol. The van der Waals surface area contributed by atoms with Gasteiger partial charge in [-0.15, -0.1) is 0 Å². The van der Waals surface area contributed by atoms with E-state index in [0.29, 0.717) is 12.3 Å². The van der Waals surface area contributed by atoms with Gasteiger partial charge in [0.25, 0.3) is 0 Å². The van der Waals surface area contributed by atoms with Gasteiger partial charge < -0.3 is 19.7 Å². The fraction of sp³-hybridized carbons (Fsp3) is 0.417. The lowest BCUT2D eigenvalue weighted by molar-refractivity contribution is -0.117. The number of nitrogens with zero attached hydrogens (tertiary/aromatic N) is 1. The van der Waals surface area contributed by atoms with E-state index in [0.717, 1.165) is 17.1 Å². The van der Waals surface area contributed by atoms with Gasteiger partial charge in [-0.1, -0.05) is 0 Å². The molecule has 17 heavy (non-hydrogen) atoms. The quantitative estimate of drug-likeness (QED) is 0.801. The molecule has 0 saturated heterocycles. The zero-order valence-corrected chi connectivity index (χ0v) is 9.82. The predicted octanol–water partition coefficient (Wildman–Crippen LogP) is 1.58. The summed E-state index contributed by atoms with van der Waals surface area (Å²) in [6.07, 6.45) is 0. The maximum Gasteiger partial charge on any atom is 0.246 e. The summed E-state index contributed by atoms with van der Waals surface area (Å²) in [5, 5.41) is 3.10. The minimum absolute atomic E-state index is 0.0753. The van der Waals surface area contributed by atoms with E-state index < -0.39 is 0 Å². The highest BCUT2D eigenvalue weighted by Gasteiger charge is 2.29. The zero-order chi connectivity index (χ0) is 12.0. The maximum atomic E-state index is 11.9. The Morgan fingerprint density at radius 2 is 2.00 bits per heavy atom. The molecule has 0 fully saturated rings. The molecule has 0 aliphatic carbocycles. The molecule has 5 nitrogen and oxygen atoms in total. The van der Waals surface area contributed by atoms with Crippen molar-refractivity contribution in [1.82, 2.24) is 0 Å². The van der Waals surface area contributed by atoms with Crippen molar-refractivity contribution in [3.8, 4) is 11.5 Å². The van der Waals surface area contributed by atoms with Crippen molar-refractivity contribution >= 4 is 17.3 Å². The van der Waals surface area contributed by atoms with E-state index in [9.17, 15) is 4.79 Å². The highest BCUT2D eigenvalue weighted by molar-refractivity contribution is 6.03. The van der Waals surface area contributed by atoms with E-state index in [2.05, 4.69) is 5.32 Å². The topological polar surface area (TPSA) is 50.8 Å². The third-order valence-electron chi connectivity index (χ3n) is 2.97. The Kier molecular flexibility index (Phi) is 2.14. The Labute approximate surface area is 99.3 Å². The third kappa shape index (κ3) is 1.50. The summed E-state index contributed by atoms with van der Waals surface area (Å²) in [6, 6.07) is 3.88. The molecule has 2 aliphatic rings. The minimum Gasteiger partial charge on any atom is -0.454 e. The molecule has 0 atom stereocenters. The number of hydrogen-bond acceptors (Lipinski definition) is 4. The zero-order valence-electron chi connectivity index (χ0n) is 9.82. The largest absolute Gasteiger partial charge is 0.454 e. The summed E-state index contributed by atoms with van der Waals surface area (Å²) in [5.41, 5.74) is 1.78. The van der Waals surface area contributed by atoms with Gasteiger partial charge in [-0.25, -0.2) is 0 Å². The molecular weight excluding hydrogens is 220 g/mol. The third-order valence-corrected chi connectivity index (χ3v) is 2.97. The van der Waals surface area contributed by atoms with Gasteiger partial charge >= 0.3 is 0 Å². The normalized spacial score (nSPS) is 17.1. The lowest BCUT2D eigenvalue weighted by atomic mass is 10.1. The number of anilines is 2. The number of fused-ring (bicyclic) bond motifs is 2. The number of carbonyl (C=O) groups is 1. The number of benzene rings is 1. The summed E-state index contributed by atoms with van der Waals surface area (Å²) in [5.74, 6) is 1.51. The fourth-order valence-electron chi connectivity index (χ4n) is 2.23. The first kappa shape index (κ1) is 10.3. The van der Waals surface area contributed by atoms with Crippen LogP contribution < -0.4 is 19.7 Å². The highest BCUT2D eigenvalue weighted by Crippen LogP contribution is 2.42. The van der Waals surface area contributed by atoms with Gasteiger partial charge in [0.1, 0.15) is 0 Å². The van der Waals surface area contributed by atoms with Crippen LogP contribution in [0.4, 0.5) is 11.4 Å². The van der Waals surface area contributed by atoms with Crippen LogP contribution in [0.3, 0.4) is 0 Å². The molecule has 5 heteroatoms. The predicted molar refractivity (Wildman–Crippen MR) is 63.7 cm³/mol. The Hall–Kier alpha value is -1.91. The first-order valence-electron chi connectivity index (χ1n) is 5.66. The smallest absolute Gasteiger partial charge is 0.246 e. The van der Waals surface area contributed by atoms with Crippen LogP contribution in [0.5, 0.6) is 11.5 Å². The van der Waals surface area contributed by atoms with Crippen molar-refractivity contribution in [3.63, 3.8) is 0 Å². The Morgan fingerprint density at radius 1 is 1.29 bits per heavy atom. The number of hydrogen-bond donors (Lipinski definition) is 1. The van der Waals surface area contributed by atoms with E-state index in [1.807, 2.05) is 26.0 Å². The molecule has 90 valence electrons. The van der Waals surface area contributed by atoms with Crippen LogP contribution in [-0.4, -0.2) is 25.3 Å². The van der Waals surface area contributed by atoms with Crippen LogP contribution in [0, 0.1) is 0 Å². The summed E-state index contributed by atoms with van der Waals surface area (Å²) in [6.45, 7) is 4.56. The second kappa shape index (κ2) is 3.55. The molecule has 3 rings (SSSR count). The van der Waals surface area contributed by atoms with E-state index in [-0.39, 0.29) is 18.7 Å². The number of amides is 1. The standard InChI is InChI=1S/C12H14N2O3/c1-7(2)14-9-4-11-10(16-6-17-11)3-8(9)13-5-12(14)15/h3-4,7,13H,5-6H2,1-2H3. The van der Waals surface area contributed by atoms with Crippen molar-refractivity contribution in [2.75, 3.05) is 23.6 Å². The van der Waals surface area contributed by atoms with Crippen molar-refractivity contribution in [2.24, 2.45) is 0 Å². The first-order valence-corrected chi connectivity index (χ1v) is 5.66. The van der Waals surface area contributed by atoms with E-state index in [1.165, 1.54) is 0 Å². The molecule has 0 spiro atoms. The number of rotatable bonds is 1. The number of carbonyl (C=O) groups excluding carboxylic acids is 1. The van der Waals surface area contributed by atoms with Crippen LogP contribution >= 0.6 is 0 Å². The van der Waals surface area contributed by atoms with Gasteiger partial charge in [0.15, 0.2) is 11.5 Å². The minimum atomic E-state index is 0.0753. The molecule has 0 unspecified atom stereocenters. The monoisotopic (exact) mass is 234 g/mol. The highest BCUT2D eigenvalue weighted by atomic mass is 16.7. The van der Waals surface area contributed by atoms with Gasteiger partial charge in [0, 0.05) is 18.2 Å². The summed E-state index contributed by atoms with van der Waals surface area (Å²) in [4.78, 5) is 13.7. The van der Waals surface area contributed by atoms with Crippen molar-refractivity contribution in [1.29, 1.82) is 0 Å². The van der Waals surface area contributed by atoms with Crippen molar-refractivity contribution in [2.45, 2.75) is 19.9 Å². The van der Waals surface area contributed by atoms with E-state index in [1.54, 1.807) is 4.90 Å². The molecule has 1 N–H and O–H groups in total. The fourth-order valence-corrected chi connectivity index (χ4v) is 2.23. The van der Waals surface area contributed by atoms with E-state index in [4.69, 9.17) is 9.47 Å². The average Bonchev–Trinajstić information content (AvgIpc) is 2.72. The van der Waals surface area contributed by atoms with Crippen molar-refractivity contribution < 1.29 is 14.3 Å². The molecule has 1 aromatic carbocycles. The molecule has 2 heterocycles. The molecule has 0 bridgehead atoms. The molecule has 0 radical (unpaired) electrons. The van der Waals surface area contributed by atoms with Crippen LogP contribution in [0.1, 0.15) is 13.8 Å². The summed E-state index contributed by atoms with van der Waals surface area (Å²) in [7, 11) is 0. The van der Waals surface area contributed by atoms with E-state index >= 15 is 0 Å². The molecule has 2 aliphatic heterocycles. The van der Waals surface area contributed by atoms with Gasteiger partial charge in [-0.2, -0.15) is 0 Å². The molecule has 1 amide bonds. The SMILES string of the molecule is CC(C)N1C(=O)CNc2cc3c(cc21)OCO3. The maximum absolute atomic E-state index is 11.9. The van der Waals surface area contributed by atoms with Gasteiger partial charge in [-0.05, 0) is 13.8 Å². The first-order chi connectivity index (χ1) is 8.16. The molecular formula is C12H14N2O3. The molecule has 0 aromatic heterocycles. The number of nitrogens with one attached hydrogen (secondary N) is 1. The molecule has 0 saturated carbocycles. The molecule has 1 aromatic rings. The lowest BCUT2D eigenvalue weighted by Crippen LogP contribution is -2.44. The summed E-state index contributed by atoms with van der Waals surface area (Å²) < 4.78 is 10.7. The Morgan fingerprint density at radius 3 is 2.71 bits per heavy atom. The Bertz CT molecular complexity index is 485. The second-order valence-corrected chi connectivity index (χ2v) is 4.43. The lowest BCUT2D eigenvalue weighted by Gasteiger charge is -2.33. The summed E-state index contributed by atoms with van der Waals surface area (Å²) >= 11 is 0. The van der Waals surface area contributed by atoms with Gasteiger partial charge in [-0.3, -0.25) is 4.79 Å².